The first-order valence-electron chi connectivity index (χ1n) is 13.6. The van der Waals surface area contributed by atoms with Gasteiger partial charge in [-0.05, 0) is 54.6 Å². The number of fused-ring (bicyclic) bond motifs is 3. The van der Waals surface area contributed by atoms with E-state index >= 15 is 0 Å². The summed E-state index contributed by atoms with van der Waals surface area (Å²) in [7, 11) is 0. The molecule has 1 radical (unpaired) electrons. The minimum Gasteiger partial charge on any atom is -0.533 e. The number of aromatic nitrogens is 3. The Bertz CT molecular complexity index is 1600. The molecule has 1 fully saturated rings. The van der Waals surface area contributed by atoms with Gasteiger partial charge < -0.3 is 14.3 Å². The molecule has 0 saturated heterocycles. The maximum Gasteiger partial charge on any atom is 0.0942 e. The average Bonchev–Trinajstić information content (AvgIpc) is 3.65. The number of para-hydroxylation sites is 1. The summed E-state index contributed by atoms with van der Waals surface area (Å²) >= 11 is 0. The first-order chi connectivity index (χ1) is 18.8. The van der Waals surface area contributed by atoms with Gasteiger partial charge in [-0.2, -0.15) is 0 Å². The van der Waals surface area contributed by atoms with Gasteiger partial charge in [0.2, 0.25) is 0 Å². The second-order valence-corrected chi connectivity index (χ2v) is 10.3. The van der Waals surface area contributed by atoms with Crippen molar-refractivity contribution in [3.8, 4) is 28.4 Å². The van der Waals surface area contributed by atoms with E-state index in [2.05, 4.69) is 65.0 Å². The molecule has 2 aromatic heterocycles. The molecule has 0 spiro atoms. The van der Waals surface area contributed by atoms with Gasteiger partial charge in [0.05, 0.1) is 23.5 Å². The third kappa shape index (κ3) is 4.64. The van der Waals surface area contributed by atoms with Gasteiger partial charge in [-0.3, -0.25) is 4.98 Å². The molecule has 5 aromatic rings. The summed E-state index contributed by atoms with van der Waals surface area (Å²) in [6.45, 7) is 2.90. The fourth-order valence-electron chi connectivity index (χ4n) is 6.18. The molecule has 0 bridgehead atoms. The van der Waals surface area contributed by atoms with Crippen molar-refractivity contribution in [2.75, 3.05) is 0 Å². The van der Waals surface area contributed by atoms with Crippen LogP contribution in [0.2, 0.25) is 0 Å². The normalized spacial score (nSPS) is 17.2. The maximum absolute atomic E-state index is 5.58. The second-order valence-electron chi connectivity index (χ2n) is 10.3. The monoisotopic (exact) mass is 688 g/mol. The maximum atomic E-state index is 5.58. The van der Waals surface area contributed by atoms with Gasteiger partial charge in [0, 0.05) is 43.7 Å². The average molecular weight is 688 g/mol. The molecule has 5 heteroatoms. The van der Waals surface area contributed by atoms with Crippen molar-refractivity contribution in [2.24, 2.45) is 5.92 Å². The molecule has 0 amide bonds. The standard InChI is InChI=1S/C22H21N2.C12H8NO.Ir/c1-15-14-19(16-8-5-6-9-16)18-12-7-13-20-21(18)24(15)22(23-20)17-10-3-2-4-11-17;1-2-6-11-10(5-1)12-9(8-14-11)4-3-7-13-12;/h2-4,7,10,12-16H,5-6,8-9H2,1H3;1-4,6-7H,8H2;/q2*-1;. The number of nitrogens with zero attached hydrogens (tertiary/aromatic N) is 3. The van der Waals surface area contributed by atoms with Crippen LogP contribution in [-0.2, 0) is 26.7 Å². The summed E-state index contributed by atoms with van der Waals surface area (Å²) in [5.41, 5.74) is 9.53. The number of imidazole rings is 1. The van der Waals surface area contributed by atoms with Crippen molar-refractivity contribution < 1.29 is 24.8 Å². The van der Waals surface area contributed by atoms with Crippen LogP contribution in [0.3, 0.4) is 0 Å². The summed E-state index contributed by atoms with van der Waals surface area (Å²) in [4.78, 5) is 9.31. The van der Waals surface area contributed by atoms with Crippen LogP contribution in [0.4, 0.5) is 0 Å². The van der Waals surface area contributed by atoms with Gasteiger partial charge in [0.25, 0.3) is 0 Å². The molecule has 3 aromatic carbocycles. The Morgan fingerprint density at radius 3 is 2.64 bits per heavy atom. The molecular weight excluding hydrogens is 659 g/mol. The van der Waals surface area contributed by atoms with E-state index in [9.17, 15) is 0 Å². The van der Waals surface area contributed by atoms with E-state index in [0.717, 1.165) is 45.4 Å². The number of pyridine rings is 1. The van der Waals surface area contributed by atoms with Crippen LogP contribution >= 0.6 is 0 Å². The van der Waals surface area contributed by atoms with Gasteiger partial charge in [-0.25, -0.2) is 0 Å². The van der Waals surface area contributed by atoms with Crippen molar-refractivity contribution in [1.82, 2.24) is 14.5 Å². The predicted molar refractivity (Wildman–Crippen MR) is 151 cm³/mol. The van der Waals surface area contributed by atoms with E-state index in [1.807, 2.05) is 42.5 Å². The van der Waals surface area contributed by atoms with Crippen molar-refractivity contribution in [3.05, 3.63) is 108 Å². The zero-order valence-corrected chi connectivity index (χ0v) is 24.3. The van der Waals surface area contributed by atoms with Crippen LogP contribution in [-0.4, -0.2) is 14.5 Å². The van der Waals surface area contributed by atoms with Crippen molar-refractivity contribution in [2.45, 2.75) is 45.3 Å². The number of ether oxygens (including phenoxy) is 1. The van der Waals surface area contributed by atoms with E-state index in [1.165, 1.54) is 36.8 Å². The van der Waals surface area contributed by atoms with Gasteiger partial charge in [0.15, 0.2) is 0 Å². The van der Waals surface area contributed by atoms with Crippen molar-refractivity contribution in [1.29, 1.82) is 0 Å². The number of benzene rings is 3. The van der Waals surface area contributed by atoms with Crippen LogP contribution in [0.15, 0.2) is 85.1 Å². The first-order valence-corrected chi connectivity index (χ1v) is 13.6. The van der Waals surface area contributed by atoms with Gasteiger partial charge in [-0.15, -0.1) is 60.2 Å². The van der Waals surface area contributed by atoms with E-state index in [-0.39, 0.29) is 20.1 Å². The van der Waals surface area contributed by atoms with E-state index in [4.69, 9.17) is 9.72 Å². The molecule has 0 N–H and O–H groups in total. The van der Waals surface area contributed by atoms with Crippen LogP contribution in [0.25, 0.3) is 39.3 Å². The van der Waals surface area contributed by atoms with Crippen LogP contribution in [0.1, 0.15) is 49.8 Å². The zero-order chi connectivity index (χ0) is 25.5. The molecule has 2 aliphatic heterocycles. The summed E-state index contributed by atoms with van der Waals surface area (Å²) in [6.07, 6.45) is 9.69. The smallest absolute Gasteiger partial charge is 0.0942 e. The minimum absolute atomic E-state index is 0. The molecule has 39 heavy (non-hydrogen) atoms. The Kier molecular flexibility index (Phi) is 7.20. The number of hydrogen-bond donors (Lipinski definition) is 0. The zero-order valence-electron chi connectivity index (χ0n) is 21.9. The quantitative estimate of drug-likeness (QED) is 0.176. The van der Waals surface area contributed by atoms with Gasteiger partial charge in [-0.1, -0.05) is 42.7 Å². The summed E-state index contributed by atoms with van der Waals surface area (Å²) in [5, 5.41) is 0. The van der Waals surface area contributed by atoms with E-state index in [1.54, 1.807) is 11.8 Å². The molecule has 1 aliphatic carbocycles. The summed E-state index contributed by atoms with van der Waals surface area (Å²) in [5.74, 6) is 2.64. The molecule has 197 valence electrons. The van der Waals surface area contributed by atoms with Crippen LogP contribution < -0.4 is 4.74 Å². The first kappa shape index (κ1) is 25.7. The molecule has 1 unspecified atom stereocenters. The Morgan fingerprint density at radius 2 is 1.79 bits per heavy atom. The predicted octanol–water partition coefficient (Wildman–Crippen LogP) is 8.09. The Morgan fingerprint density at radius 1 is 0.923 bits per heavy atom. The topological polar surface area (TPSA) is 39.9 Å². The third-order valence-corrected chi connectivity index (χ3v) is 7.92. The Labute approximate surface area is 243 Å². The summed E-state index contributed by atoms with van der Waals surface area (Å²) < 4.78 is 7.98. The molecule has 3 aliphatic rings. The molecule has 1 atom stereocenters. The van der Waals surface area contributed by atoms with E-state index < -0.39 is 0 Å². The Balaban J connectivity index is 0.000000158. The number of allylic oxidation sites excluding steroid dienone is 2. The molecule has 1 saturated carbocycles. The third-order valence-electron chi connectivity index (χ3n) is 7.92. The molecule has 8 rings (SSSR count). The molecular formula is C34H29IrN3O-2. The van der Waals surface area contributed by atoms with Crippen LogP contribution in [0, 0.1) is 18.1 Å². The van der Waals surface area contributed by atoms with E-state index in [0.29, 0.717) is 12.6 Å². The fraction of sp³-hybridized carbons (Fsp3) is 0.235. The molecule has 4 nitrogen and oxygen atoms in total. The van der Waals surface area contributed by atoms with Crippen molar-refractivity contribution in [3.63, 3.8) is 0 Å². The Hall–Kier alpha value is -3.53. The largest absolute Gasteiger partial charge is 0.533 e. The van der Waals surface area contributed by atoms with Crippen molar-refractivity contribution >= 4 is 16.6 Å². The molecule has 4 heterocycles. The minimum atomic E-state index is 0. The fourth-order valence-corrected chi connectivity index (χ4v) is 6.18. The summed E-state index contributed by atoms with van der Waals surface area (Å²) in [6, 6.07) is 31.3. The van der Waals surface area contributed by atoms with Crippen LogP contribution in [0.5, 0.6) is 5.75 Å². The van der Waals surface area contributed by atoms with Gasteiger partial charge >= 0.3 is 0 Å². The number of hydrogen-bond acceptors (Lipinski definition) is 3. The van der Waals surface area contributed by atoms with Gasteiger partial charge in [0.1, 0.15) is 0 Å². The number of rotatable bonds is 2. The SMILES string of the molecule is CC1C=C(C2CCCC2)c2cccc3nc(-c4[c-]cccc4)n1c23.[Ir].[c-]1cccc2c1-c1ncccc1CO2. The second kappa shape index (κ2) is 10.9.